The Hall–Kier alpha value is -0.930. The lowest BCUT2D eigenvalue weighted by molar-refractivity contribution is 0.00503. The van der Waals surface area contributed by atoms with Gasteiger partial charge in [0.05, 0.1) is 6.10 Å². The quantitative estimate of drug-likeness (QED) is 0.840. The molecule has 18 heavy (non-hydrogen) atoms. The number of hydrogen-bond acceptors (Lipinski definition) is 3. The zero-order chi connectivity index (χ0) is 12.6. The highest BCUT2D eigenvalue weighted by Gasteiger charge is 2.20. The normalized spacial score (nSPS) is 21.7. The lowest BCUT2D eigenvalue weighted by Crippen LogP contribution is -2.29. The van der Waals surface area contributed by atoms with Gasteiger partial charge in [-0.25, -0.2) is 0 Å². The summed E-state index contributed by atoms with van der Waals surface area (Å²) in [5, 5.41) is 3.61. The molecule has 0 spiro atoms. The molecule has 0 saturated carbocycles. The van der Waals surface area contributed by atoms with E-state index in [2.05, 4.69) is 23.3 Å². The molecule has 2 unspecified atom stereocenters. The molecule has 1 aromatic rings. The van der Waals surface area contributed by atoms with Crippen molar-refractivity contribution in [2.75, 3.05) is 13.2 Å². The third-order valence-corrected chi connectivity index (χ3v) is 3.50. The first-order valence-electron chi connectivity index (χ1n) is 7.15. The van der Waals surface area contributed by atoms with Gasteiger partial charge in [0.2, 0.25) is 0 Å². The summed E-state index contributed by atoms with van der Waals surface area (Å²) in [6.07, 6.45) is 10.1. The van der Waals surface area contributed by atoms with Crippen LogP contribution in [0.25, 0.3) is 0 Å². The van der Waals surface area contributed by atoms with Crippen LogP contribution in [-0.2, 0) is 4.74 Å². The van der Waals surface area contributed by atoms with Gasteiger partial charge in [0.25, 0.3) is 0 Å². The van der Waals surface area contributed by atoms with Crippen LogP contribution in [0.1, 0.15) is 50.6 Å². The average molecular weight is 248 g/mol. The Morgan fingerprint density at radius 2 is 2.44 bits per heavy atom. The predicted octanol–water partition coefficient (Wildman–Crippen LogP) is 3.08. The third kappa shape index (κ3) is 4.07. The van der Waals surface area contributed by atoms with Gasteiger partial charge in [0.1, 0.15) is 0 Å². The van der Waals surface area contributed by atoms with E-state index in [-0.39, 0.29) is 0 Å². The molecule has 2 rings (SSSR count). The minimum absolute atomic E-state index is 0.377. The number of hydrogen-bond donors (Lipinski definition) is 1. The molecular formula is C15H24N2O. The second kappa shape index (κ2) is 7.49. The van der Waals surface area contributed by atoms with Crippen LogP contribution in [0.3, 0.4) is 0 Å². The topological polar surface area (TPSA) is 34.1 Å². The lowest BCUT2D eigenvalue weighted by atomic mass is 9.97. The molecule has 0 aliphatic carbocycles. The van der Waals surface area contributed by atoms with Crippen LogP contribution in [0, 0.1) is 0 Å². The first kappa shape index (κ1) is 13.5. The van der Waals surface area contributed by atoms with Crippen molar-refractivity contribution in [1.82, 2.24) is 10.3 Å². The second-order valence-corrected chi connectivity index (χ2v) is 5.02. The van der Waals surface area contributed by atoms with Gasteiger partial charge in [0.15, 0.2) is 0 Å². The molecule has 100 valence electrons. The van der Waals surface area contributed by atoms with Crippen molar-refractivity contribution in [3.63, 3.8) is 0 Å². The summed E-state index contributed by atoms with van der Waals surface area (Å²) in [4.78, 5) is 4.23. The van der Waals surface area contributed by atoms with Crippen molar-refractivity contribution in [2.45, 2.75) is 51.2 Å². The Kier molecular flexibility index (Phi) is 5.62. The minimum Gasteiger partial charge on any atom is -0.378 e. The van der Waals surface area contributed by atoms with E-state index in [4.69, 9.17) is 4.74 Å². The zero-order valence-corrected chi connectivity index (χ0v) is 11.3. The number of nitrogens with one attached hydrogen (secondary N) is 1. The first-order chi connectivity index (χ1) is 8.90. The second-order valence-electron chi connectivity index (χ2n) is 5.02. The summed E-state index contributed by atoms with van der Waals surface area (Å²) in [6.45, 7) is 4.18. The fourth-order valence-corrected chi connectivity index (χ4v) is 2.49. The first-order valence-corrected chi connectivity index (χ1v) is 7.15. The molecular weight excluding hydrogens is 224 g/mol. The van der Waals surface area contributed by atoms with Crippen molar-refractivity contribution in [3.8, 4) is 0 Å². The predicted molar refractivity (Wildman–Crippen MR) is 73.5 cm³/mol. The molecule has 1 N–H and O–H groups in total. The summed E-state index contributed by atoms with van der Waals surface area (Å²) in [7, 11) is 0. The highest BCUT2D eigenvalue weighted by Crippen LogP contribution is 2.24. The fourth-order valence-electron chi connectivity index (χ4n) is 2.49. The summed E-state index contributed by atoms with van der Waals surface area (Å²) in [5.41, 5.74) is 1.28. The molecule has 1 aliphatic heterocycles. The van der Waals surface area contributed by atoms with E-state index < -0.39 is 0 Å². The van der Waals surface area contributed by atoms with Gasteiger partial charge in [-0.15, -0.1) is 0 Å². The molecule has 1 aliphatic rings. The maximum Gasteiger partial charge on any atom is 0.0593 e. The highest BCUT2D eigenvalue weighted by atomic mass is 16.5. The largest absolute Gasteiger partial charge is 0.378 e. The Morgan fingerprint density at radius 3 is 3.11 bits per heavy atom. The standard InChI is InChI=1S/C15H24N2O/c1-2-8-17-15(13-6-5-9-16-12-13)11-14-7-3-4-10-18-14/h5-6,9,12,14-15,17H,2-4,7-8,10-11H2,1H3. The van der Waals surface area contributed by atoms with Crippen LogP contribution in [0.15, 0.2) is 24.5 Å². The smallest absolute Gasteiger partial charge is 0.0593 e. The number of aromatic nitrogens is 1. The number of rotatable bonds is 6. The number of pyridine rings is 1. The molecule has 3 heteroatoms. The molecule has 2 heterocycles. The lowest BCUT2D eigenvalue weighted by Gasteiger charge is -2.27. The Balaban J connectivity index is 1.95. The summed E-state index contributed by atoms with van der Waals surface area (Å²) in [5.74, 6) is 0. The van der Waals surface area contributed by atoms with E-state index in [1.54, 1.807) is 0 Å². The SMILES string of the molecule is CCCNC(CC1CCCCO1)c1cccnc1. The molecule has 0 radical (unpaired) electrons. The Bertz CT molecular complexity index is 323. The van der Waals surface area contributed by atoms with Crippen molar-refractivity contribution < 1.29 is 4.74 Å². The third-order valence-electron chi connectivity index (χ3n) is 3.50. The van der Waals surface area contributed by atoms with Crippen LogP contribution < -0.4 is 5.32 Å². The van der Waals surface area contributed by atoms with E-state index >= 15 is 0 Å². The minimum atomic E-state index is 0.377. The van der Waals surface area contributed by atoms with E-state index in [1.165, 1.54) is 24.8 Å². The van der Waals surface area contributed by atoms with Gasteiger partial charge < -0.3 is 10.1 Å². The molecule has 1 aromatic heterocycles. The van der Waals surface area contributed by atoms with E-state index in [9.17, 15) is 0 Å². The van der Waals surface area contributed by atoms with E-state index in [1.807, 2.05) is 18.5 Å². The van der Waals surface area contributed by atoms with E-state index in [0.717, 1.165) is 26.0 Å². The molecule has 0 aromatic carbocycles. The highest BCUT2D eigenvalue weighted by molar-refractivity contribution is 5.14. The number of nitrogens with zero attached hydrogens (tertiary/aromatic N) is 1. The van der Waals surface area contributed by atoms with Crippen molar-refractivity contribution in [2.24, 2.45) is 0 Å². The van der Waals surface area contributed by atoms with Crippen LogP contribution in [-0.4, -0.2) is 24.2 Å². The molecule has 0 bridgehead atoms. The molecule has 2 atom stereocenters. The zero-order valence-electron chi connectivity index (χ0n) is 11.3. The van der Waals surface area contributed by atoms with Gasteiger partial charge in [-0.05, 0) is 50.3 Å². The van der Waals surface area contributed by atoms with Crippen LogP contribution in [0.2, 0.25) is 0 Å². The van der Waals surface area contributed by atoms with Gasteiger partial charge >= 0.3 is 0 Å². The summed E-state index contributed by atoms with van der Waals surface area (Å²) < 4.78 is 5.85. The van der Waals surface area contributed by atoms with Crippen molar-refractivity contribution in [3.05, 3.63) is 30.1 Å². The summed E-state index contributed by atoms with van der Waals surface area (Å²) in [6, 6.07) is 4.54. The fraction of sp³-hybridized carbons (Fsp3) is 0.667. The van der Waals surface area contributed by atoms with Crippen LogP contribution in [0.4, 0.5) is 0 Å². The number of ether oxygens (including phenoxy) is 1. The molecule has 0 amide bonds. The van der Waals surface area contributed by atoms with Crippen LogP contribution >= 0.6 is 0 Å². The molecule has 3 nitrogen and oxygen atoms in total. The Morgan fingerprint density at radius 1 is 1.50 bits per heavy atom. The van der Waals surface area contributed by atoms with Crippen molar-refractivity contribution >= 4 is 0 Å². The van der Waals surface area contributed by atoms with Gasteiger partial charge in [0, 0.05) is 25.0 Å². The van der Waals surface area contributed by atoms with E-state index in [0.29, 0.717) is 12.1 Å². The van der Waals surface area contributed by atoms with Gasteiger partial charge in [-0.2, -0.15) is 0 Å². The maximum atomic E-state index is 5.85. The average Bonchev–Trinajstić information content (AvgIpc) is 2.45. The van der Waals surface area contributed by atoms with Gasteiger partial charge in [-0.1, -0.05) is 13.0 Å². The van der Waals surface area contributed by atoms with Crippen LogP contribution in [0.5, 0.6) is 0 Å². The molecule has 1 fully saturated rings. The maximum absolute atomic E-state index is 5.85. The van der Waals surface area contributed by atoms with Gasteiger partial charge in [-0.3, -0.25) is 4.98 Å². The monoisotopic (exact) mass is 248 g/mol. The van der Waals surface area contributed by atoms with Crippen molar-refractivity contribution in [1.29, 1.82) is 0 Å². The Labute approximate surface area is 110 Å². The molecule has 1 saturated heterocycles. The summed E-state index contributed by atoms with van der Waals surface area (Å²) >= 11 is 0.